The van der Waals surface area contributed by atoms with Crippen LogP contribution in [0.4, 0.5) is 5.69 Å². The molecule has 1 aliphatic carbocycles. The van der Waals surface area contributed by atoms with Crippen LogP contribution in [0.2, 0.25) is 0 Å². The maximum atomic E-state index is 12.5. The van der Waals surface area contributed by atoms with Gasteiger partial charge in [-0.2, -0.15) is 0 Å². The van der Waals surface area contributed by atoms with Crippen LogP contribution in [0.3, 0.4) is 0 Å². The summed E-state index contributed by atoms with van der Waals surface area (Å²) in [6.07, 6.45) is 4.50. The van der Waals surface area contributed by atoms with E-state index in [0.29, 0.717) is 0 Å². The number of benzene rings is 1. The van der Waals surface area contributed by atoms with Gasteiger partial charge in [0, 0.05) is 29.9 Å². The number of pyridine rings is 1. The minimum atomic E-state index is 0.00723. The second-order valence-electron chi connectivity index (χ2n) is 5.73. The number of carbonyl (C=O) groups is 1. The van der Waals surface area contributed by atoms with Gasteiger partial charge in [-0.15, -0.1) is 0 Å². The number of hydrogen-bond acceptors (Lipinski definition) is 2. The summed E-state index contributed by atoms with van der Waals surface area (Å²) in [5.74, 6) is 0.107. The van der Waals surface area contributed by atoms with Gasteiger partial charge in [0.25, 0.3) is 0 Å². The molecule has 0 saturated carbocycles. The molecular weight excluding hydrogens is 274 g/mol. The van der Waals surface area contributed by atoms with Crippen LogP contribution >= 0.6 is 0 Å². The first-order chi connectivity index (χ1) is 10.8. The average molecular weight is 291 g/mol. The molecule has 1 unspecified atom stereocenters. The number of hydrogen-bond donors (Lipinski definition) is 1. The van der Waals surface area contributed by atoms with E-state index < -0.39 is 0 Å². The van der Waals surface area contributed by atoms with Crippen molar-refractivity contribution in [2.24, 2.45) is 5.92 Å². The van der Waals surface area contributed by atoms with E-state index in [1.54, 1.807) is 0 Å². The Labute approximate surface area is 128 Å². The molecule has 4 heteroatoms. The highest BCUT2D eigenvalue weighted by Crippen LogP contribution is 2.27. The molecule has 0 radical (unpaired) electrons. The number of imidazole rings is 1. The van der Waals surface area contributed by atoms with Crippen molar-refractivity contribution in [3.05, 3.63) is 66.1 Å². The molecule has 3 aromatic rings. The Morgan fingerprint density at radius 2 is 1.95 bits per heavy atom. The van der Waals surface area contributed by atoms with E-state index in [1.807, 2.05) is 54.7 Å². The van der Waals surface area contributed by atoms with Gasteiger partial charge in [-0.1, -0.05) is 24.3 Å². The fourth-order valence-corrected chi connectivity index (χ4v) is 3.15. The number of para-hydroxylation sites is 1. The third-order valence-electron chi connectivity index (χ3n) is 4.29. The average Bonchev–Trinajstić information content (AvgIpc) is 2.93. The fraction of sp³-hybridized carbons (Fsp3) is 0.222. The molecule has 1 atom stereocenters. The van der Waals surface area contributed by atoms with Crippen LogP contribution in [0.25, 0.3) is 5.65 Å². The number of nitrogens with zero attached hydrogens (tertiary/aromatic N) is 2. The highest BCUT2D eigenvalue weighted by molar-refractivity contribution is 5.92. The SMILES string of the molecule is O=C(Nc1ccccc1)C1CCc2nc3ccccn3c2C1. The quantitative estimate of drug-likeness (QED) is 0.788. The van der Waals surface area contributed by atoms with E-state index in [4.69, 9.17) is 0 Å². The number of fused-ring (bicyclic) bond motifs is 3. The van der Waals surface area contributed by atoms with Crippen molar-refractivity contribution in [1.29, 1.82) is 0 Å². The largest absolute Gasteiger partial charge is 0.326 e. The lowest BCUT2D eigenvalue weighted by Crippen LogP contribution is -2.28. The Morgan fingerprint density at radius 3 is 2.82 bits per heavy atom. The zero-order chi connectivity index (χ0) is 14.9. The lowest BCUT2D eigenvalue weighted by atomic mass is 9.89. The van der Waals surface area contributed by atoms with Gasteiger partial charge in [-0.25, -0.2) is 4.98 Å². The summed E-state index contributed by atoms with van der Waals surface area (Å²) in [6.45, 7) is 0. The van der Waals surface area contributed by atoms with Crippen LogP contribution in [0.5, 0.6) is 0 Å². The van der Waals surface area contributed by atoms with E-state index in [-0.39, 0.29) is 11.8 Å². The molecular formula is C18H17N3O. The summed E-state index contributed by atoms with van der Waals surface area (Å²) in [5, 5.41) is 3.01. The molecule has 1 aliphatic rings. The van der Waals surface area contributed by atoms with Gasteiger partial charge in [0.1, 0.15) is 5.65 Å². The van der Waals surface area contributed by atoms with Gasteiger partial charge in [0.05, 0.1) is 5.69 Å². The predicted molar refractivity (Wildman–Crippen MR) is 85.8 cm³/mol. The van der Waals surface area contributed by atoms with Gasteiger partial charge in [0.2, 0.25) is 5.91 Å². The summed E-state index contributed by atoms with van der Waals surface area (Å²) >= 11 is 0. The number of amides is 1. The van der Waals surface area contributed by atoms with Crippen molar-refractivity contribution in [2.75, 3.05) is 5.32 Å². The van der Waals surface area contributed by atoms with Gasteiger partial charge >= 0.3 is 0 Å². The summed E-state index contributed by atoms with van der Waals surface area (Å²) in [7, 11) is 0. The van der Waals surface area contributed by atoms with Crippen molar-refractivity contribution in [2.45, 2.75) is 19.3 Å². The van der Waals surface area contributed by atoms with Crippen LogP contribution in [-0.2, 0) is 17.6 Å². The van der Waals surface area contributed by atoms with Gasteiger partial charge in [-0.05, 0) is 37.1 Å². The van der Waals surface area contributed by atoms with E-state index in [0.717, 1.165) is 36.3 Å². The lowest BCUT2D eigenvalue weighted by molar-refractivity contribution is -0.120. The molecule has 0 aliphatic heterocycles. The molecule has 1 amide bonds. The van der Waals surface area contributed by atoms with Crippen molar-refractivity contribution >= 4 is 17.2 Å². The maximum absolute atomic E-state index is 12.5. The first kappa shape index (κ1) is 13.1. The Hall–Kier alpha value is -2.62. The molecule has 4 nitrogen and oxygen atoms in total. The Balaban J connectivity index is 1.57. The third kappa shape index (κ3) is 2.26. The van der Waals surface area contributed by atoms with E-state index in [9.17, 15) is 4.79 Å². The van der Waals surface area contributed by atoms with Gasteiger partial charge < -0.3 is 9.72 Å². The molecule has 0 bridgehead atoms. The molecule has 0 spiro atoms. The number of anilines is 1. The Kier molecular flexibility index (Phi) is 3.15. The standard InChI is InChI=1S/C18H17N3O/c22-18(19-14-6-2-1-3-7-14)13-9-10-15-16(12-13)21-11-5-4-8-17(21)20-15/h1-8,11,13H,9-10,12H2,(H,19,22). The van der Waals surface area contributed by atoms with Crippen LogP contribution in [0.15, 0.2) is 54.7 Å². The molecule has 0 fully saturated rings. The zero-order valence-electron chi connectivity index (χ0n) is 12.2. The van der Waals surface area contributed by atoms with Crippen molar-refractivity contribution in [3.63, 3.8) is 0 Å². The first-order valence-electron chi connectivity index (χ1n) is 7.62. The monoisotopic (exact) mass is 291 g/mol. The summed E-state index contributed by atoms with van der Waals surface area (Å²) in [4.78, 5) is 17.2. The van der Waals surface area contributed by atoms with Crippen LogP contribution in [-0.4, -0.2) is 15.3 Å². The highest BCUT2D eigenvalue weighted by Gasteiger charge is 2.27. The summed E-state index contributed by atoms with van der Waals surface area (Å²) in [5.41, 5.74) is 4.14. The molecule has 0 saturated heterocycles. The third-order valence-corrected chi connectivity index (χ3v) is 4.29. The molecule has 4 rings (SSSR count). The number of aryl methyl sites for hydroxylation is 1. The topological polar surface area (TPSA) is 46.4 Å². The summed E-state index contributed by atoms with van der Waals surface area (Å²) in [6, 6.07) is 15.6. The van der Waals surface area contributed by atoms with E-state index in [1.165, 1.54) is 5.69 Å². The molecule has 22 heavy (non-hydrogen) atoms. The molecule has 1 aromatic carbocycles. The lowest BCUT2D eigenvalue weighted by Gasteiger charge is -2.21. The van der Waals surface area contributed by atoms with Crippen LogP contribution in [0.1, 0.15) is 17.8 Å². The van der Waals surface area contributed by atoms with Gasteiger partial charge in [0.15, 0.2) is 0 Å². The van der Waals surface area contributed by atoms with Crippen molar-refractivity contribution in [3.8, 4) is 0 Å². The molecule has 2 heterocycles. The highest BCUT2D eigenvalue weighted by atomic mass is 16.1. The smallest absolute Gasteiger partial charge is 0.227 e. The van der Waals surface area contributed by atoms with Crippen LogP contribution in [0, 0.1) is 5.92 Å². The Bertz CT molecular complexity index is 823. The predicted octanol–water partition coefficient (Wildman–Crippen LogP) is 3.08. The molecule has 110 valence electrons. The maximum Gasteiger partial charge on any atom is 0.227 e. The number of nitrogens with one attached hydrogen (secondary N) is 1. The first-order valence-corrected chi connectivity index (χ1v) is 7.62. The number of rotatable bonds is 2. The van der Waals surface area contributed by atoms with Crippen molar-refractivity contribution in [1.82, 2.24) is 9.38 Å². The second kappa shape index (κ2) is 5.30. The van der Waals surface area contributed by atoms with Crippen molar-refractivity contribution < 1.29 is 4.79 Å². The number of aromatic nitrogens is 2. The van der Waals surface area contributed by atoms with E-state index in [2.05, 4.69) is 14.7 Å². The van der Waals surface area contributed by atoms with Gasteiger partial charge in [-0.3, -0.25) is 4.79 Å². The minimum Gasteiger partial charge on any atom is -0.326 e. The fourth-order valence-electron chi connectivity index (χ4n) is 3.15. The summed E-state index contributed by atoms with van der Waals surface area (Å²) < 4.78 is 2.11. The zero-order valence-corrected chi connectivity index (χ0v) is 12.2. The molecule has 1 N–H and O–H groups in total. The second-order valence-corrected chi connectivity index (χ2v) is 5.73. The molecule has 2 aromatic heterocycles. The van der Waals surface area contributed by atoms with E-state index >= 15 is 0 Å². The normalized spacial score (nSPS) is 17.2. The Morgan fingerprint density at radius 1 is 1.14 bits per heavy atom. The number of carbonyl (C=O) groups excluding carboxylic acids is 1. The minimum absolute atomic E-state index is 0.00723. The van der Waals surface area contributed by atoms with Crippen LogP contribution < -0.4 is 5.32 Å².